The van der Waals surface area contributed by atoms with Gasteiger partial charge in [-0.1, -0.05) is 30.3 Å². The zero-order chi connectivity index (χ0) is 13.1. The van der Waals surface area contributed by atoms with Crippen molar-refractivity contribution in [3.8, 4) is 0 Å². The standard InChI is InChI=1S/C16H24N2O/c1-19-10-9-17-12-15-7-8-18(16(15)13-17)11-14-5-3-2-4-6-14/h2-6,15-16H,7-13H2,1H3/t15-,16?/m0/s1. The maximum absolute atomic E-state index is 5.19. The van der Waals surface area contributed by atoms with Crippen LogP contribution < -0.4 is 0 Å². The van der Waals surface area contributed by atoms with E-state index >= 15 is 0 Å². The Hall–Kier alpha value is -0.900. The molecule has 0 amide bonds. The summed E-state index contributed by atoms with van der Waals surface area (Å²) in [6, 6.07) is 11.6. The highest BCUT2D eigenvalue weighted by molar-refractivity contribution is 5.15. The van der Waals surface area contributed by atoms with E-state index in [0.29, 0.717) is 0 Å². The van der Waals surface area contributed by atoms with Crippen LogP contribution in [0.1, 0.15) is 12.0 Å². The fraction of sp³-hybridized carbons (Fsp3) is 0.625. The molecular weight excluding hydrogens is 236 g/mol. The van der Waals surface area contributed by atoms with E-state index in [9.17, 15) is 0 Å². The second-order valence-electron chi connectivity index (χ2n) is 5.82. The van der Waals surface area contributed by atoms with E-state index in [1.807, 2.05) is 0 Å². The largest absolute Gasteiger partial charge is 0.383 e. The van der Waals surface area contributed by atoms with E-state index in [4.69, 9.17) is 4.74 Å². The van der Waals surface area contributed by atoms with Gasteiger partial charge in [0, 0.05) is 39.3 Å². The molecule has 2 fully saturated rings. The summed E-state index contributed by atoms with van der Waals surface area (Å²) in [6.07, 6.45) is 1.36. The lowest BCUT2D eigenvalue weighted by Crippen LogP contribution is -2.35. The van der Waals surface area contributed by atoms with Crippen molar-refractivity contribution in [1.29, 1.82) is 0 Å². The second-order valence-corrected chi connectivity index (χ2v) is 5.82. The van der Waals surface area contributed by atoms with Crippen LogP contribution in [0.15, 0.2) is 30.3 Å². The quantitative estimate of drug-likeness (QED) is 0.803. The molecule has 0 aromatic heterocycles. The van der Waals surface area contributed by atoms with Gasteiger partial charge in [-0.05, 0) is 24.4 Å². The lowest BCUT2D eigenvalue weighted by molar-refractivity contribution is 0.149. The molecule has 0 spiro atoms. The number of fused-ring (bicyclic) bond motifs is 1. The number of rotatable bonds is 5. The van der Waals surface area contributed by atoms with Crippen molar-refractivity contribution in [3.63, 3.8) is 0 Å². The zero-order valence-corrected chi connectivity index (χ0v) is 11.8. The Labute approximate surface area is 116 Å². The number of hydrogen-bond acceptors (Lipinski definition) is 3. The summed E-state index contributed by atoms with van der Waals surface area (Å²) >= 11 is 0. The van der Waals surface area contributed by atoms with E-state index in [1.54, 1.807) is 7.11 Å². The number of likely N-dealkylation sites (tertiary alicyclic amines) is 2. The smallest absolute Gasteiger partial charge is 0.0589 e. The van der Waals surface area contributed by atoms with Crippen LogP contribution in [0.4, 0.5) is 0 Å². The van der Waals surface area contributed by atoms with Gasteiger partial charge in [0.05, 0.1) is 6.61 Å². The van der Waals surface area contributed by atoms with E-state index in [1.165, 1.54) is 31.6 Å². The Morgan fingerprint density at radius 3 is 2.84 bits per heavy atom. The predicted octanol–water partition coefficient (Wildman–Crippen LogP) is 1.84. The van der Waals surface area contributed by atoms with E-state index in [-0.39, 0.29) is 0 Å². The summed E-state index contributed by atoms with van der Waals surface area (Å²) in [5.74, 6) is 0.876. The zero-order valence-electron chi connectivity index (χ0n) is 11.8. The summed E-state index contributed by atoms with van der Waals surface area (Å²) in [6.45, 7) is 6.81. The monoisotopic (exact) mass is 260 g/mol. The van der Waals surface area contributed by atoms with Crippen molar-refractivity contribution in [3.05, 3.63) is 35.9 Å². The molecule has 104 valence electrons. The third kappa shape index (κ3) is 2.99. The van der Waals surface area contributed by atoms with Crippen molar-refractivity contribution >= 4 is 0 Å². The maximum Gasteiger partial charge on any atom is 0.0589 e. The molecule has 2 saturated heterocycles. The van der Waals surface area contributed by atoms with Crippen LogP contribution in [0, 0.1) is 5.92 Å². The average molecular weight is 260 g/mol. The molecule has 2 aliphatic rings. The maximum atomic E-state index is 5.19. The minimum Gasteiger partial charge on any atom is -0.383 e. The third-order valence-electron chi connectivity index (χ3n) is 4.58. The molecule has 2 aliphatic heterocycles. The molecule has 2 atom stereocenters. The number of nitrogens with zero attached hydrogens (tertiary/aromatic N) is 2. The molecule has 0 N–H and O–H groups in total. The van der Waals surface area contributed by atoms with Crippen LogP contribution in [0.3, 0.4) is 0 Å². The molecule has 0 saturated carbocycles. The summed E-state index contributed by atoms with van der Waals surface area (Å²) in [7, 11) is 1.79. The van der Waals surface area contributed by atoms with Gasteiger partial charge in [0.2, 0.25) is 0 Å². The molecular formula is C16H24N2O. The summed E-state index contributed by atoms with van der Waals surface area (Å²) < 4.78 is 5.19. The van der Waals surface area contributed by atoms with Crippen LogP contribution >= 0.6 is 0 Å². The molecule has 3 rings (SSSR count). The minimum absolute atomic E-state index is 0.761. The van der Waals surface area contributed by atoms with Gasteiger partial charge in [0.1, 0.15) is 0 Å². The number of ether oxygens (including phenoxy) is 1. The third-order valence-corrected chi connectivity index (χ3v) is 4.58. The van der Waals surface area contributed by atoms with Gasteiger partial charge in [-0.2, -0.15) is 0 Å². The molecule has 0 aliphatic carbocycles. The number of benzene rings is 1. The Bertz CT molecular complexity index is 395. The van der Waals surface area contributed by atoms with Crippen LogP contribution in [-0.2, 0) is 11.3 Å². The van der Waals surface area contributed by atoms with Crippen molar-refractivity contribution in [2.75, 3.05) is 39.9 Å². The molecule has 0 radical (unpaired) electrons. The molecule has 0 bridgehead atoms. The van der Waals surface area contributed by atoms with Crippen LogP contribution in [-0.4, -0.2) is 55.7 Å². The second kappa shape index (κ2) is 6.04. The van der Waals surface area contributed by atoms with Gasteiger partial charge in [-0.15, -0.1) is 0 Å². The van der Waals surface area contributed by atoms with Crippen molar-refractivity contribution < 1.29 is 4.74 Å². The molecule has 3 nitrogen and oxygen atoms in total. The highest BCUT2D eigenvalue weighted by Gasteiger charge is 2.40. The van der Waals surface area contributed by atoms with Crippen molar-refractivity contribution in [1.82, 2.24) is 9.80 Å². The summed E-state index contributed by atoms with van der Waals surface area (Å²) in [5.41, 5.74) is 1.44. The highest BCUT2D eigenvalue weighted by atomic mass is 16.5. The molecule has 2 heterocycles. The topological polar surface area (TPSA) is 15.7 Å². The molecule has 1 aromatic carbocycles. The Morgan fingerprint density at radius 2 is 2.05 bits per heavy atom. The minimum atomic E-state index is 0.761. The fourth-order valence-corrected chi connectivity index (χ4v) is 3.55. The Balaban J connectivity index is 1.57. The van der Waals surface area contributed by atoms with Gasteiger partial charge >= 0.3 is 0 Å². The lowest BCUT2D eigenvalue weighted by Gasteiger charge is -2.24. The van der Waals surface area contributed by atoms with Crippen LogP contribution in [0.25, 0.3) is 0 Å². The first-order valence-electron chi connectivity index (χ1n) is 7.36. The SMILES string of the molecule is COCCN1CC2[C@@H](CCN2Cc2ccccc2)C1. The molecule has 1 aromatic rings. The van der Waals surface area contributed by atoms with E-state index in [0.717, 1.165) is 31.7 Å². The van der Waals surface area contributed by atoms with Crippen LogP contribution in [0.5, 0.6) is 0 Å². The molecule has 3 heteroatoms. The fourth-order valence-electron chi connectivity index (χ4n) is 3.55. The van der Waals surface area contributed by atoms with Crippen molar-refractivity contribution in [2.24, 2.45) is 5.92 Å². The van der Waals surface area contributed by atoms with Crippen LogP contribution in [0.2, 0.25) is 0 Å². The Kier molecular flexibility index (Phi) is 4.16. The Morgan fingerprint density at radius 1 is 1.21 bits per heavy atom. The lowest BCUT2D eigenvalue weighted by atomic mass is 10.0. The first-order valence-corrected chi connectivity index (χ1v) is 7.36. The molecule has 1 unspecified atom stereocenters. The van der Waals surface area contributed by atoms with E-state index in [2.05, 4.69) is 40.1 Å². The summed E-state index contributed by atoms with van der Waals surface area (Å²) in [4.78, 5) is 5.24. The van der Waals surface area contributed by atoms with Gasteiger partial charge in [0.15, 0.2) is 0 Å². The normalized spacial score (nSPS) is 27.8. The van der Waals surface area contributed by atoms with E-state index < -0.39 is 0 Å². The van der Waals surface area contributed by atoms with Gasteiger partial charge in [-0.25, -0.2) is 0 Å². The highest BCUT2D eigenvalue weighted by Crippen LogP contribution is 2.32. The first kappa shape index (κ1) is 13.1. The van der Waals surface area contributed by atoms with Gasteiger partial charge in [0.25, 0.3) is 0 Å². The first-order chi connectivity index (χ1) is 9.36. The molecule has 19 heavy (non-hydrogen) atoms. The van der Waals surface area contributed by atoms with Gasteiger partial charge < -0.3 is 4.74 Å². The number of hydrogen-bond donors (Lipinski definition) is 0. The van der Waals surface area contributed by atoms with Gasteiger partial charge in [-0.3, -0.25) is 9.80 Å². The van der Waals surface area contributed by atoms with Crippen molar-refractivity contribution in [2.45, 2.75) is 19.0 Å². The predicted molar refractivity (Wildman–Crippen MR) is 77.1 cm³/mol. The summed E-state index contributed by atoms with van der Waals surface area (Å²) in [5, 5.41) is 0. The average Bonchev–Trinajstić information content (AvgIpc) is 2.99. The number of methoxy groups -OCH3 is 1.